The van der Waals surface area contributed by atoms with Crippen LogP contribution >= 0.6 is 0 Å². The summed E-state index contributed by atoms with van der Waals surface area (Å²) < 4.78 is 0. The van der Waals surface area contributed by atoms with E-state index in [0.717, 1.165) is 44.6 Å². The molecular formula is C23H29N3O3. The Morgan fingerprint density at radius 3 is 2.48 bits per heavy atom. The predicted molar refractivity (Wildman–Crippen MR) is 114 cm³/mol. The molecule has 154 valence electrons. The van der Waals surface area contributed by atoms with Gasteiger partial charge in [0.2, 0.25) is 0 Å². The Labute approximate surface area is 172 Å². The van der Waals surface area contributed by atoms with E-state index in [9.17, 15) is 9.59 Å². The second-order valence-corrected chi connectivity index (χ2v) is 7.69. The van der Waals surface area contributed by atoms with Crippen LogP contribution in [0.1, 0.15) is 35.2 Å². The Hall–Kier alpha value is -2.70. The predicted octanol–water partition coefficient (Wildman–Crippen LogP) is 3.31. The molecule has 1 unspecified atom stereocenters. The minimum atomic E-state index is -0.773. The van der Waals surface area contributed by atoms with Crippen molar-refractivity contribution >= 4 is 17.6 Å². The van der Waals surface area contributed by atoms with Gasteiger partial charge < -0.3 is 10.4 Å². The zero-order chi connectivity index (χ0) is 20.6. The molecule has 0 bridgehead atoms. The number of hydrogen-bond acceptors (Lipinski definition) is 4. The molecule has 1 aliphatic rings. The average Bonchev–Trinajstić information content (AvgIpc) is 2.94. The van der Waals surface area contributed by atoms with Crippen LogP contribution in [0.15, 0.2) is 54.6 Å². The van der Waals surface area contributed by atoms with Gasteiger partial charge in [0.15, 0.2) is 0 Å². The molecule has 2 aromatic rings. The standard InChI is InChI=1S/C23H29N3O3/c1-25(17-22(27)28)21-8-5-14-26(15-13-21)16-18-9-11-19(12-10-18)23(29)24-20-6-3-2-4-7-20/h2-4,6-7,9-12,21H,5,8,13-17H2,1H3,(H,24,29)(H,27,28). The largest absolute Gasteiger partial charge is 0.480 e. The lowest BCUT2D eigenvalue weighted by atomic mass is 10.1. The highest BCUT2D eigenvalue weighted by atomic mass is 16.4. The number of carbonyl (C=O) groups is 2. The average molecular weight is 396 g/mol. The monoisotopic (exact) mass is 395 g/mol. The van der Waals surface area contributed by atoms with E-state index in [2.05, 4.69) is 10.2 Å². The number of anilines is 1. The van der Waals surface area contributed by atoms with Gasteiger partial charge in [-0.3, -0.25) is 19.4 Å². The van der Waals surface area contributed by atoms with Crippen LogP contribution in [-0.4, -0.2) is 59.5 Å². The van der Waals surface area contributed by atoms with Crippen LogP contribution in [0.25, 0.3) is 0 Å². The van der Waals surface area contributed by atoms with Crippen LogP contribution < -0.4 is 5.32 Å². The minimum absolute atomic E-state index is 0.0944. The van der Waals surface area contributed by atoms with Crippen molar-refractivity contribution in [3.63, 3.8) is 0 Å². The van der Waals surface area contributed by atoms with Gasteiger partial charge in [-0.05, 0) is 69.2 Å². The summed E-state index contributed by atoms with van der Waals surface area (Å²) in [5.74, 6) is -0.883. The lowest BCUT2D eigenvalue weighted by Gasteiger charge is -2.25. The summed E-state index contributed by atoms with van der Waals surface area (Å²) in [6.45, 7) is 2.89. The summed E-state index contributed by atoms with van der Waals surface area (Å²) in [6.07, 6.45) is 3.06. The van der Waals surface area contributed by atoms with E-state index in [1.807, 2.05) is 66.5 Å². The maximum atomic E-state index is 12.4. The first-order chi connectivity index (χ1) is 14.0. The van der Waals surface area contributed by atoms with Gasteiger partial charge in [0, 0.05) is 23.8 Å². The highest BCUT2D eigenvalue weighted by Gasteiger charge is 2.21. The number of nitrogens with zero attached hydrogens (tertiary/aromatic N) is 2. The van der Waals surface area contributed by atoms with Gasteiger partial charge in [-0.25, -0.2) is 0 Å². The number of hydrogen-bond donors (Lipinski definition) is 2. The van der Waals surface area contributed by atoms with Crippen LogP contribution in [0.3, 0.4) is 0 Å². The fraction of sp³-hybridized carbons (Fsp3) is 0.391. The summed E-state index contributed by atoms with van der Waals surface area (Å²) in [5, 5.41) is 11.9. The summed E-state index contributed by atoms with van der Waals surface area (Å²) >= 11 is 0. The van der Waals surface area contributed by atoms with Crippen LogP contribution in [-0.2, 0) is 11.3 Å². The third-order valence-electron chi connectivity index (χ3n) is 5.45. The molecule has 29 heavy (non-hydrogen) atoms. The van der Waals surface area contributed by atoms with E-state index in [0.29, 0.717) is 11.6 Å². The molecule has 3 rings (SSSR count). The first kappa shape index (κ1) is 21.0. The maximum absolute atomic E-state index is 12.4. The molecule has 1 fully saturated rings. The molecule has 6 heteroatoms. The van der Waals surface area contributed by atoms with Crippen molar-refractivity contribution in [2.24, 2.45) is 0 Å². The maximum Gasteiger partial charge on any atom is 0.317 e. The van der Waals surface area contributed by atoms with Crippen molar-refractivity contribution in [3.05, 3.63) is 65.7 Å². The number of carboxylic acids is 1. The highest BCUT2D eigenvalue weighted by molar-refractivity contribution is 6.04. The van der Waals surface area contributed by atoms with Crippen molar-refractivity contribution in [2.75, 3.05) is 32.0 Å². The quantitative estimate of drug-likeness (QED) is 0.753. The van der Waals surface area contributed by atoms with E-state index in [-0.39, 0.29) is 12.5 Å². The number of nitrogens with one attached hydrogen (secondary N) is 1. The molecule has 0 aromatic heterocycles. The zero-order valence-corrected chi connectivity index (χ0v) is 16.9. The van der Waals surface area contributed by atoms with Crippen molar-refractivity contribution in [1.29, 1.82) is 0 Å². The van der Waals surface area contributed by atoms with Crippen molar-refractivity contribution in [2.45, 2.75) is 31.8 Å². The summed E-state index contributed by atoms with van der Waals surface area (Å²) in [5.41, 5.74) is 2.61. The van der Waals surface area contributed by atoms with Crippen LogP contribution in [0, 0.1) is 0 Å². The molecule has 6 nitrogen and oxygen atoms in total. The number of para-hydroxylation sites is 1. The normalized spacial score (nSPS) is 17.7. The van der Waals surface area contributed by atoms with E-state index >= 15 is 0 Å². The molecule has 1 saturated heterocycles. The number of benzene rings is 2. The lowest BCUT2D eigenvalue weighted by Crippen LogP contribution is -2.36. The number of carboxylic acid groups (broad SMARTS) is 1. The highest BCUT2D eigenvalue weighted by Crippen LogP contribution is 2.18. The van der Waals surface area contributed by atoms with Crippen LogP contribution in [0.2, 0.25) is 0 Å². The summed E-state index contributed by atoms with van der Waals surface area (Å²) in [7, 11) is 1.90. The van der Waals surface area contributed by atoms with Gasteiger partial charge in [0.05, 0.1) is 6.54 Å². The molecule has 2 aromatic carbocycles. The molecular weight excluding hydrogens is 366 g/mol. The van der Waals surface area contributed by atoms with E-state index in [1.165, 1.54) is 5.56 Å². The van der Waals surface area contributed by atoms with E-state index in [1.54, 1.807) is 0 Å². The number of likely N-dealkylation sites (N-methyl/N-ethyl adjacent to an activating group) is 1. The van der Waals surface area contributed by atoms with Gasteiger partial charge in [-0.1, -0.05) is 30.3 Å². The fourth-order valence-electron chi connectivity index (χ4n) is 3.82. The van der Waals surface area contributed by atoms with Gasteiger partial charge in [-0.15, -0.1) is 0 Å². The third kappa shape index (κ3) is 6.41. The number of aliphatic carboxylic acids is 1. The van der Waals surface area contributed by atoms with Crippen LogP contribution in [0.5, 0.6) is 0 Å². The number of likely N-dealkylation sites (tertiary alicyclic amines) is 1. The SMILES string of the molecule is CN(CC(=O)O)C1CCCN(Cc2ccc(C(=O)Nc3ccccc3)cc2)CC1. The molecule has 0 spiro atoms. The first-order valence-electron chi connectivity index (χ1n) is 10.1. The Kier molecular flexibility index (Phi) is 7.38. The fourth-order valence-corrected chi connectivity index (χ4v) is 3.82. The van der Waals surface area contributed by atoms with Crippen LogP contribution in [0.4, 0.5) is 5.69 Å². The van der Waals surface area contributed by atoms with Gasteiger partial charge >= 0.3 is 5.97 Å². The van der Waals surface area contributed by atoms with Crippen molar-refractivity contribution in [3.8, 4) is 0 Å². The Balaban J connectivity index is 1.52. The third-order valence-corrected chi connectivity index (χ3v) is 5.45. The van der Waals surface area contributed by atoms with Crippen molar-refractivity contribution in [1.82, 2.24) is 9.80 Å². The zero-order valence-electron chi connectivity index (χ0n) is 16.9. The molecule has 1 atom stereocenters. The lowest BCUT2D eigenvalue weighted by molar-refractivity contribution is -0.138. The summed E-state index contributed by atoms with van der Waals surface area (Å²) in [6, 6.07) is 17.5. The molecule has 2 N–H and O–H groups in total. The molecule has 1 amide bonds. The molecule has 0 saturated carbocycles. The smallest absolute Gasteiger partial charge is 0.317 e. The number of amides is 1. The molecule has 0 aliphatic carbocycles. The van der Waals surface area contributed by atoms with Crippen molar-refractivity contribution < 1.29 is 14.7 Å². The van der Waals surface area contributed by atoms with Gasteiger partial charge in [0.1, 0.15) is 0 Å². The molecule has 0 radical (unpaired) electrons. The topological polar surface area (TPSA) is 72.9 Å². The van der Waals surface area contributed by atoms with Gasteiger partial charge in [0.25, 0.3) is 5.91 Å². The Bertz CT molecular complexity index is 808. The second kappa shape index (κ2) is 10.2. The summed E-state index contributed by atoms with van der Waals surface area (Å²) in [4.78, 5) is 27.7. The van der Waals surface area contributed by atoms with E-state index in [4.69, 9.17) is 5.11 Å². The van der Waals surface area contributed by atoms with Gasteiger partial charge in [-0.2, -0.15) is 0 Å². The molecule has 1 heterocycles. The first-order valence-corrected chi connectivity index (χ1v) is 10.1. The Morgan fingerprint density at radius 2 is 1.79 bits per heavy atom. The van der Waals surface area contributed by atoms with E-state index < -0.39 is 5.97 Å². The molecule has 1 aliphatic heterocycles. The number of rotatable bonds is 7. The minimum Gasteiger partial charge on any atom is -0.480 e. The Morgan fingerprint density at radius 1 is 1.07 bits per heavy atom. The number of carbonyl (C=O) groups excluding carboxylic acids is 1. The second-order valence-electron chi connectivity index (χ2n) is 7.69.